The van der Waals surface area contributed by atoms with Gasteiger partial charge in [-0.25, -0.2) is 8.42 Å². The van der Waals surface area contributed by atoms with Crippen LogP contribution in [0.2, 0.25) is 0 Å². The lowest BCUT2D eigenvalue weighted by molar-refractivity contribution is 0.411. The molecule has 27 heavy (non-hydrogen) atoms. The number of sulfonamides is 1. The molecule has 4 nitrogen and oxygen atoms in total. The monoisotopic (exact) mass is 381 g/mol. The molecule has 3 rings (SSSR count). The van der Waals surface area contributed by atoms with Gasteiger partial charge in [0.15, 0.2) is 0 Å². The third-order valence-corrected chi connectivity index (χ3v) is 5.91. The molecule has 140 valence electrons. The molecular formula is C22H23NO3S. The van der Waals surface area contributed by atoms with Crippen LogP contribution in [0.15, 0.2) is 77.7 Å². The number of hydrogen-bond acceptors (Lipinski definition) is 3. The quantitative estimate of drug-likeness (QED) is 0.689. The van der Waals surface area contributed by atoms with E-state index in [-0.39, 0.29) is 4.90 Å². The normalized spacial score (nSPS) is 12.6. The Morgan fingerprint density at radius 3 is 2.07 bits per heavy atom. The van der Waals surface area contributed by atoms with Crippen molar-refractivity contribution in [1.29, 1.82) is 0 Å². The predicted molar refractivity (Wildman–Crippen MR) is 108 cm³/mol. The van der Waals surface area contributed by atoms with Crippen molar-refractivity contribution in [2.75, 3.05) is 7.11 Å². The highest BCUT2D eigenvalue weighted by Crippen LogP contribution is 2.27. The molecule has 3 aromatic rings. The Labute approximate surface area is 160 Å². The number of benzene rings is 3. The van der Waals surface area contributed by atoms with Gasteiger partial charge < -0.3 is 4.74 Å². The zero-order valence-corrected chi connectivity index (χ0v) is 16.5. The van der Waals surface area contributed by atoms with E-state index in [4.69, 9.17) is 4.74 Å². The Balaban J connectivity index is 2.00. The fourth-order valence-electron chi connectivity index (χ4n) is 2.97. The van der Waals surface area contributed by atoms with Crippen LogP contribution in [-0.2, 0) is 10.0 Å². The van der Waals surface area contributed by atoms with E-state index in [1.165, 1.54) is 0 Å². The Morgan fingerprint density at radius 2 is 1.48 bits per heavy atom. The molecule has 0 heterocycles. The highest BCUT2D eigenvalue weighted by molar-refractivity contribution is 7.89. The summed E-state index contributed by atoms with van der Waals surface area (Å²) in [5, 5.41) is 0. The third kappa shape index (κ3) is 4.38. The SMILES string of the molecule is COc1ccc(S(=O)(=O)N[C@H](c2ccccc2)c2ccc(C)cc2)cc1C. The lowest BCUT2D eigenvalue weighted by Gasteiger charge is -2.20. The van der Waals surface area contributed by atoms with Gasteiger partial charge >= 0.3 is 0 Å². The average molecular weight is 381 g/mol. The lowest BCUT2D eigenvalue weighted by Crippen LogP contribution is -2.29. The van der Waals surface area contributed by atoms with E-state index in [0.29, 0.717) is 5.75 Å². The van der Waals surface area contributed by atoms with Crippen LogP contribution < -0.4 is 9.46 Å². The minimum absolute atomic E-state index is 0.217. The van der Waals surface area contributed by atoms with Gasteiger partial charge in [-0.2, -0.15) is 4.72 Å². The van der Waals surface area contributed by atoms with Gasteiger partial charge in [-0.3, -0.25) is 0 Å². The Morgan fingerprint density at radius 1 is 0.852 bits per heavy atom. The second-order valence-corrected chi connectivity index (χ2v) is 8.22. The van der Waals surface area contributed by atoms with E-state index in [1.54, 1.807) is 25.3 Å². The van der Waals surface area contributed by atoms with E-state index >= 15 is 0 Å². The fraction of sp³-hybridized carbons (Fsp3) is 0.182. The zero-order chi connectivity index (χ0) is 19.4. The van der Waals surface area contributed by atoms with Gasteiger partial charge in [-0.15, -0.1) is 0 Å². The van der Waals surface area contributed by atoms with Crippen molar-refractivity contribution in [3.63, 3.8) is 0 Å². The molecule has 0 fully saturated rings. The van der Waals surface area contributed by atoms with E-state index < -0.39 is 16.1 Å². The first kappa shape index (κ1) is 19.1. The van der Waals surface area contributed by atoms with Crippen LogP contribution in [0.25, 0.3) is 0 Å². The zero-order valence-electron chi connectivity index (χ0n) is 15.6. The molecule has 0 saturated heterocycles. The molecule has 0 aliphatic carbocycles. The van der Waals surface area contributed by atoms with Gasteiger partial charge in [0.2, 0.25) is 10.0 Å². The van der Waals surface area contributed by atoms with Crippen LogP contribution in [0.5, 0.6) is 5.75 Å². The first-order valence-corrected chi connectivity index (χ1v) is 10.2. The third-order valence-electron chi connectivity index (χ3n) is 4.49. The summed E-state index contributed by atoms with van der Waals surface area (Å²) >= 11 is 0. The van der Waals surface area contributed by atoms with Crippen molar-refractivity contribution in [2.45, 2.75) is 24.8 Å². The van der Waals surface area contributed by atoms with Gasteiger partial charge in [-0.05, 0) is 48.7 Å². The van der Waals surface area contributed by atoms with Crippen LogP contribution in [-0.4, -0.2) is 15.5 Å². The summed E-state index contributed by atoms with van der Waals surface area (Å²) < 4.78 is 34.2. The summed E-state index contributed by atoms with van der Waals surface area (Å²) in [6.45, 7) is 3.83. The van der Waals surface area contributed by atoms with Crippen molar-refractivity contribution in [3.05, 3.63) is 95.1 Å². The van der Waals surface area contributed by atoms with Gasteiger partial charge in [0.05, 0.1) is 18.0 Å². The molecule has 3 aromatic carbocycles. The standard InChI is InChI=1S/C22H23NO3S/c1-16-9-11-19(12-10-16)22(18-7-5-4-6-8-18)23-27(24,25)20-13-14-21(26-3)17(2)15-20/h4-15,22-23H,1-3H3/t22-/m1/s1. The minimum atomic E-state index is -3.72. The maximum atomic E-state index is 13.1. The van der Waals surface area contributed by atoms with Gasteiger partial charge in [0, 0.05) is 0 Å². The van der Waals surface area contributed by atoms with Crippen molar-refractivity contribution in [2.24, 2.45) is 0 Å². The number of methoxy groups -OCH3 is 1. The summed E-state index contributed by atoms with van der Waals surface area (Å²) in [5.74, 6) is 0.659. The summed E-state index contributed by atoms with van der Waals surface area (Å²) in [6, 6.07) is 21.8. The van der Waals surface area contributed by atoms with E-state index in [0.717, 1.165) is 22.3 Å². The highest BCUT2D eigenvalue weighted by atomic mass is 32.2. The maximum Gasteiger partial charge on any atom is 0.241 e. The van der Waals surface area contributed by atoms with Gasteiger partial charge in [0.1, 0.15) is 5.75 Å². The molecule has 0 aliphatic heterocycles. The molecule has 0 radical (unpaired) electrons. The van der Waals surface area contributed by atoms with E-state index in [2.05, 4.69) is 4.72 Å². The topological polar surface area (TPSA) is 55.4 Å². The molecule has 0 saturated carbocycles. The average Bonchev–Trinajstić information content (AvgIpc) is 2.67. The summed E-state index contributed by atoms with van der Waals surface area (Å²) in [4.78, 5) is 0.217. The first-order valence-electron chi connectivity index (χ1n) is 8.69. The van der Waals surface area contributed by atoms with Crippen LogP contribution >= 0.6 is 0 Å². The largest absolute Gasteiger partial charge is 0.496 e. The molecule has 5 heteroatoms. The lowest BCUT2D eigenvalue weighted by atomic mass is 9.99. The van der Waals surface area contributed by atoms with Gasteiger partial charge in [-0.1, -0.05) is 60.2 Å². The van der Waals surface area contributed by atoms with Crippen molar-refractivity contribution in [1.82, 2.24) is 4.72 Å². The first-order chi connectivity index (χ1) is 12.9. The van der Waals surface area contributed by atoms with Crippen molar-refractivity contribution in [3.8, 4) is 5.75 Å². The number of aryl methyl sites for hydroxylation is 2. The van der Waals surface area contributed by atoms with Crippen molar-refractivity contribution >= 4 is 10.0 Å². The molecule has 0 bridgehead atoms. The number of ether oxygens (including phenoxy) is 1. The maximum absolute atomic E-state index is 13.1. The fourth-order valence-corrected chi connectivity index (χ4v) is 4.27. The van der Waals surface area contributed by atoms with Crippen LogP contribution in [0.1, 0.15) is 28.3 Å². The summed E-state index contributed by atoms with van der Waals surface area (Å²) in [6.07, 6.45) is 0. The smallest absolute Gasteiger partial charge is 0.241 e. The van der Waals surface area contributed by atoms with Crippen LogP contribution in [0.4, 0.5) is 0 Å². The molecule has 0 aromatic heterocycles. The molecule has 0 aliphatic rings. The van der Waals surface area contributed by atoms with Crippen LogP contribution in [0.3, 0.4) is 0 Å². The van der Waals surface area contributed by atoms with E-state index in [1.807, 2.05) is 68.4 Å². The van der Waals surface area contributed by atoms with Crippen LogP contribution in [0, 0.1) is 13.8 Å². The number of hydrogen-bond donors (Lipinski definition) is 1. The van der Waals surface area contributed by atoms with Gasteiger partial charge in [0.25, 0.3) is 0 Å². The molecule has 0 unspecified atom stereocenters. The molecule has 1 atom stereocenters. The number of nitrogens with one attached hydrogen (secondary N) is 1. The predicted octanol–water partition coefficient (Wildman–Crippen LogP) is 4.38. The summed E-state index contributed by atoms with van der Waals surface area (Å²) in [5.41, 5.74) is 3.67. The van der Waals surface area contributed by atoms with Crippen molar-refractivity contribution < 1.29 is 13.2 Å². The second-order valence-electron chi connectivity index (χ2n) is 6.51. The summed E-state index contributed by atoms with van der Waals surface area (Å²) in [7, 11) is -2.15. The molecule has 1 N–H and O–H groups in total. The Bertz CT molecular complexity index is 1010. The highest BCUT2D eigenvalue weighted by Gasteiger charge is 2.23. The Hall–Kier alpha value is -2.63. The number of rotatable bonds is 6. The molecular weight excluding hydrogens is 358 g/mol. The molecule has 0 spiro atoms. The molecule has 0 amide bonds. The minimum Gasteiger partial charge on any atom is -0.496 e. The van der Waals surface area contributed by atoms with E-state index in [9.17, 15) is 8.42 Å². The second kappa shape index (κ2) is 7.94. The Kier molecular flexibility index (Phi) is 5.63.